The number of halogens is 1. The van der Waals surface area contributed by atoms with Gasteiger partial charge in [-0.05, 0) is 24.7 Å². The molecule has 0 saturated carbocycles. The van der Waals surface area contributed by atoms with Gasteiger partial charge >= 0.3 is 0 Å². The van der Waals surface area contributed by atoms with Crippen molar-refractivity contribution in [3.05, 3.63) is 17.9 Å². The fourth-order valence-electron chi connectivity index (χ4n) is 2.64. The Labute approximate surface area is 120 Å². The summed E-state index contributed by atoms with van der Waals surface area (Å²) in [6, 6.07) is 3.13. The number of hydrogen-bond acceptors (Lipinski definition) is 3. The van der Waals surface area contributed by atoms with E-state index in [1.54, 1.807) is 6.07 Å². The first kappa shape index (κ1) is 14.9. The Morgan fingerprint density at radius 1 is 1.35 bits per heavy atom. The molecule has 112 valence electrons. The lowest BCUT2D eigenvalue weighted by Gasteiger charge is -2.37. The van der Waals surface area contributed by atoms with Gasteiger partial charge in [0.15, 0.2) is 11.6 Å². The molecule has 4 heteroatoms. The number of nitrogen functional groups attached to an aromatic ring is 1. The highest BCUT2D eigenvalue weighted by atomic mass is 19.1. The largest absolute Gasteiger partial charge is 0.490 e. The molecule has 1 aliphatic rings. The monoisotopic (exact) mass is 280 g/mol. The summed E-state index contributed by atoms with van der Waals surface area (Å²) in [5, 5.41) is 0. The van der Waals surface area contributed by atoms with Gasteiger partial charge in [-0.25, -0.2) is 4.39 Å². The minimum Gasteiger partial charge on any atom is -0.490 e. The summed E-state index contributed by atoms with van der Waals surface area (Å²) in [5.74, 6) is 1.28. The van der Waals surface area contributed by atoms with E-state index in [1.807, 2.05) is 6.92 Å². The molecular formula is C16H25FN2O. The van der Waals surface area contributed by atoms with Crippen LogP contribution in [0.5, 0.6) is 5.75 Å². The average Bonchev–Trinajstić information content (AvgIpc) is 2.41. The number of rotatable bonds is 4. The van der Waals surface area contributed by atoms with Crippen LogP contribution in [0.15, 0.2) is 12.1 Å². The highest BCUT2D eigenvalue weighted by molar-refractivity contribution is 5.70. The fourth-order valence-corrected chi connectivity index (χ4v) is 2.64. The molecule has 1 aromatic rings. The maximum atomic E-state index is 13.8. The summed E-state index contributed by atoms with van der Waals surface area (Å²) in [4.78, 5) is 2.25. The molecule has 0 radical (unpaired) electrons. The number of ether oxygens (including phenoxy) is 1. The molecule has 20 heavy (non-hydrogen) atoms. The number of anilines is 2. The second-order valence-corrected chi connectivity index (χ2v) is 5.88. The van der Waals surface area contributed by atoms with Gasteiger partial charge < -0.3 is 15.4 Å². The van der Waals surface area contributed by atoms with Crippen LogP contribution in [0.25, 0.3) is 0 Å². The van der Waals surface area contributed by atoms with Crippen molar-refractivity contribution in [2.45, 2.75) is 33.6 Å². The van der Waals surface area contributed by atoms with Crippen molar-refractivity contribution < 1.29 is 9.13 Å². The zero-order chi connectivity index (χ0) is 14.7. The number of benzene rings is 1. The second-order valence-electron chi connectivity index (χ2n) is 5.88. The van der Waals surface area contributed by atoms with Gasteiger partial charge in [0.1, 0.15) is 0 Å². The number of piperidine rings is 1. The molecule has 1 heterocycles. The Bertz CT molecular complexity index is 464. The average molecular weight is 280 g/mol. The molecule has 0 amide bonds. The number of nitrogens with two attached hydrogens (primary N) is 1. The van der Waals surface area contributed by atoms with Gasteiger partial charge in [-0.15, -0.1) is 0 Å². The van der Waals surface area contributed by atoms with E-state index < -0.39 is 0 Å². The topological polar surface area (TPSA) is 38.5 Å². The lowest BCUT2D eigenvalue weighted by molar-refractivity contribution is 0.300. The maximum Gasteiger partial charge on any atom is 0.167 e. The molecule has 0 spiro atoms. The molecule has 1 aromatic carbocycles. The summed E-state index contributed by atoms with van der Waals surface area (Å²) in [6.45, 7) is 8.99. The number of nitrogens with zero attached hydrogens (tertiary/aromatic N) is 1. The molecule has 3 nitrogen and oxygen atoms in total. The zero-order valence-corrected chi connectivity index (χ0v) is 12.7. The van der Waals surface area contributed by atoms with E-state index in [2.05, 4.69) is 18.7 Å². The fraction of sp³-hybridized carbons (Fsp3) is 0.625. The Kier molecular flexibility index (Phi) is 4.73. The normalized spacial score (nSPS) is 22.9. The Balaban J connectivity index is 2.22. The van der Waals surface area contributed by atoms with Gasteiger partial charge in [0.25, 0.3) is 0 Å². The molecule has 2 rings (SSSR count). The quantitative estimate of drug-likeness (QED) is 0.855. The van der Waals surface area contributed by atoms with E-state index in [1.165, 1.54) is 6.07 Å². The van der Waals surface area contributed by atoms with Gasteiger partial charge in [-0.1, -0.05) is 20.8 Å². The zero-order valence-electron chi connectivity index (χ0n) is 12.7. The summed E-state index contributed by atoms with van der Waals surface area (Å²) >= 11 is 0. The second kappa shape index (κ2) is 6.33. The molecule has 0 aliphatic carbocycles. The van der Waals surface area contributed by atoms with Crippen molar-refractivity contribution >= 4 is 11.4 Å². The molecule has 1 fully saturated rings. The van der Waals surface area contributed by atoms with E-state index in [9.17, 15) is 4.39 Å². The summed E-state index contributed by atoms with van der Waals surface area (Å²) in [6.07, 6.45) is 2.00. The van der Waals surface area contributed by atoms with Crippen LogP contribution >= 0.6 is 0 Å². The van der Waals surface area contributed by atoms with Crippen LogP contribution in [-0.2, 0) is 0 Å². The summed E-state index contributed by atoms with van der Waals surface area (Å²) < 4.78 is 19.3. The van der Waals surface area contributed by atoms with E-state index in [0.717, 1.165) is 37.5 Å². The third-order valence-corrected chi connectivity index (χ3v) is 4.22. The van der Waals surface area contributed by atoms with E-state index in [0.29, 0.717) is 24.0 Å². The minimum atomic E-state index is -0.377. The van der Waals surface area contributed by atoms with Crippen LogP contribution in [-0.4, -0.2) is 19.7 Å². The van der Waals surface area contributed by atoms with Crippen molar-refractivity contribution in [2.24, 2.45) is 11.8 Å². The Hall–Kier alpha value is -1.45. The van der Waals surface area contributed by atoms with E-state index >= 15 is 0 Å². The first-order valence-corrected chi connectivity index (χ1v) is 7.49. The predicted molar refractivity (Wildman–Crippen MR) is 81.8 cm³/mol. The highest BCUT2D eigenvalue weighted by Gasteiger charge is 2.24. The van der Waals surface area contributed by atoms with Crippen molar-refractivity contribution in [1.82, 2.24) is 0 Å². The molecule has 0 bridgehead atoms. The van der Waals surface area contributed by atoms with Crippen molar-refractivity contribution in [3.63, 3.8) is 0 Å². The van der Waals surface area contributed by atoms with Gasteiger partial charge in [0, 0.05) is 25.2 Å². The van der Waals surface area contributed by atoms with Gasteiger partial charge in [0.05, 0.1) is 18.0 Å². The lowest BCUT2D eigenvalue weighted by atomic mass is 9.88. The molecule has 1 saturated heterocycles. The molecule has 2 unspecified atom stereocenters. The van der Waals surface area contributed by atoms with Crippen molar-refractivity contribution in [3.8, 4) is 5.75 Å². The van der Waals surface area contributed by atoms with Crippen molar-refractivity contribution in [1.29, 1.82) is 0 Å². The third-order valence-electron chi connectivity index (χ3n) is 4.22. The van der Waals surface area contributed by atoms with Gasteiger partial charge in [-0.2, -0.15) is 0 Å². The highest BCUT2D eigenvalue weighted by Crippen LogP contribution is 2.34. The van der Waals surface area contributed by atoms with Gasteiger partial charge in [-0.3, -0.25) is 0 Å². The third kappa shape index (κ3) is 3.17. The molecule has 1 aliphatic heterocycles. The lowest BCUT2D eigenvalue weighted by Crippen LogP contribution is -2.38. The smallest absolute Gasteiger partial charge is 0.167 e. The minimum absolute atomic E-state index is 0.308. The van der Waals surface area contributed by atoms with Gasteiger partial charge in [0.2, 0.25) is 0 Å². The molecule has 2 atom stereocenters. The first-order chi connectivity index (χ1) is 9.52. The Morgan fingerprint density at radius 2 is 2.10 bits per heavy atom. The molecule has 2 N–H and O–H groups in total. The van der Waals surface area contributed by atoms with Crippen molar-refractivity contribution in [2.75, 3.05) is 30.3 Å². The summed E-state index contributed by atoms with van der Waals surface area (Å²) in [7, 11) is 0. The standard InChI is InChI=1S/C16H25FN2O/c1-4-7-20-16-9-15(14(18)8-13(16)17)19-6-5-11(2)12(3)10-19/h8-9,11-12H,4-7,10,18H2,1-3H3. The SMILES string of the molecule is CCCOc1cc(N2CCC(C)C(C)C2)c(N)cc1F. The predicted octanol–water partition coefficient (Wildman–Crippen LogP) is 3.68. The Morgan fingerprint density at radius 3 is 2.75 bits per heavy atom. The van der Waals surface area contributed by atoms with Crippen LogP contribution in [0.3, 0.4) is 0 Å². The van der Waals surface area contributed by atoms with Crippen LogP contribution in [0.2, 0.25) is 0 Å². The van der Waals surface area contributed by atoms with E-state index in [-0.39, 0.29) is 5.82 Å². The number of hydrogen-bond donors (Lipinski definition) is 1. The maximum absolute atomic E-state index is 13.8. The van der Waals surface area contributed by atoms with Crippen LogP contribution in [0.4, 0.5) is 15.8 Å². The molecule has 0 aromatic heterocycles. The van der Waals surface area contributed by atoms with Crippen LogP contribution < -0.4 is 15.4 Å². The summed E-state index contributed by atoms with van der Waals surface area (Å²) in [5.41, 5.74) is 7.39. The first-order valence-electron chi connectivity index (χ1n) is 7.49. The van der Waals surface area contributed by atoms with Crippen LogP contribution in [0.1, 0.15) is 33.6 Å². The van der Waals surface area contributed by atoms with Crippen LogP contribution in [0, 0.1) is 17.7 Å². The molecular weight excluding hydrogens is 255 g/mol. The van der Waals surface area contributed by atoms with E-state index in [4.69, 9.17) is 10.5 Å².